The Morgan fingerprint density at radius 3 is 2.52 bits per heavy atom. The van der Waals surface area contributed by atoms with Crippen LogP contribution in [0.2, 0.25) is 0 Å². The minimum atomic E-state index is -3.39. The lowest BCUT2D eigenvalue weighted by Gasteiger charge is -2.29. The maximum Gasteiger partial charge on any atom is 0.243 e. The number of rotatable bonds is 3. The third-order valence-electron chi connectivity index (χ3n) is 4.98. The lowest BCUT2D eigenvalue weighted by Crippen LogP contribution is -2.39. The SMILES string of the molecule is Cc1cc(N)ccc1S(=O)(=O)N1CCCC1C1CCCC1. The molecule has 0 spiro atoms. The van der Waals surface area contributed by atoms with E-state index in [4.69, 9.17) is 5.73 Å². The van der Waals surface area contributed by atoms with E-state index in [2.05, 4.69) is 0 Å². The zero-order valence-electron chi connectivity index (χ0n) is 12.6. The van der Waals surface area contributed by atoms with Gasteiger partial charge in [-0.2, -0.15) is 4.31 Å². The molecule has 1 saturated carbocycles. The summed E-state index contributed by atoms with van der Waals surface area (Å²) in [6.45, 7) is 2.48. The quantitative estimate of drug-likeness (QED) is 0.873. The van der Waals surface area contributed by atoms with E-state index in [1.165, 1.54) is 25.7 Å². The Hall–Kier alpha value is -1.07. The largest absolute Gasteiger partial charge is 0.399 e. The zero-order valence-corrected chi connectivity index (χ0v) is 13.4. The van der Waals surface area contributed by atoms with Crippen molar-refractivity contribution in [3.05, 3.63) is 23.8 Å². The number of nitrogens with two attached hydrogens (primary N) is 1. The monoisotopic (exact) mass is 308 g/mol. The van der Waals surface area contributed by atoms with Gasteiger partial charge in [0.25, 0.3) is 0 Å². The van der Waals surface area contributed by atoms with Crippen LogP contribution in [0.5, 0.6) is 0 Å². The molecular weight excluding hydrogens is 284 g/mol. The van der Waals surface area contributed by atoms with Crippen molar-refractivity contribution in [3.63, 3.8) is 0 Å². The van der Waals surface area contributed by atoms with E-state index in [9.17, 15) is 8.42 Å². The number of anilines is 1. The highest BCUT2D eigenvalue weighted by Gasteiger charge is 2.40. The first-order valence-electron chi connectivity index (χ1n) is 7.88. The van der Waals surface area contributed by atoms with Gasteiger partial charge >= 0.3 is 0 Å². The van der Waals surface area contributed by atoms with Gasteiger partial charge in [0.15, 0.2) is 0 Å². The van der Waals surface area contributed by atoms with Crippen LogP contribution < -0.4 is 5.73 Å². The van der Waals surface area contributed by atoms with Crippen molar-refractivity contribution in [3.8, 4) is 0 Å². The molecule has 1 atom stereocenters. The molecule has 1 heterocycles. The van der Waals surface area contributed by atoms with Crippen LogP contribution in [0.4, 0.5) is 5.69 Å². The molecule has 1 aliphatic carbocycles. The van der Waals surface area contributed by atoms with E-state index < -0.39 is 10.0 Å². The first-order valence-corrected chi connectivity index (χ1v) is 9.32. The average molecular weight is 308 g/mol. The Balaban J connectivity index is 1.93. The fourth-order valence-electron chi connectivity index (χ4n) is 3.97. The van der Waals surface area contributed by atoms with Crippen molar-refractivity contribution in [2.75, 3.05) is 12.3 Å². The second kappa shape index (κ2) is 5.61. The number of hydrogen-bond donors (Lipinski definition) is 1. The average Bonchev–Trinajstić information content (AvgIpc) is 3.09. The fraction of sp³-hybridized carbons (Fsp3) is 0.625. The van der Waals surface area contributed by atoms with Crippen molar-refractivity contribution >= 4 is 15.7 Å². The third-order valence-corrected chi connectivity index (χ3v) is 7.06. The number of hydrogen-bond acceptors (Lipinski definition) is 3. The van der Waals surface area contributed by atoms with Crippen molar-refractivity contribution < 1.29 is 8.42 Å². The van der Waals surface area contributed by atoms with Crippen LogP contribution >= 0.6 is 0 Å². The van der Waals surface area contributed by atoms with Crippen molar-refractivity contribution in [1.82, 2.24) is 4.31 Å². The van der Waals surface area contributed by atoms with Crippen LogP contribution in [-0.4, -0.2) is 25.3 Å². The molecule has 0 aromatic heterocycles. The molecule has 4 nitrogen and oxygen atoms in total. The zero-order chi connectivity index (χ0) is 15.0. The van der Waals surface area contributed by atoms with E-state index >= 15 is 0 Å². The predicted molar refractivity (Wildman–Crippen MR) is 84.5 cm³/mol. The Labute approximate surface area is 127 Å². The van der Waals surface area contributed by atoms with Gasteiger partial charge in [0.1, 0.15) is 0 Å². The second-order valence-corrected chi connectivity index (χ2v) is 8.25. The van der Waals surface area contributed by atoms with Crippen molar-refractivity contribution in [2.45, 2.75) is 56.4 Å². The molecule has 1 aliphatic heterocycles. The van der Waals surface area contributed by atoms with Gasteiger partial charge in [-0.3, -0.25) is 0 Å². The third kappa shape index (κ3) is 2.69. The highest BCUT2D eigenvalue weighted by molar-refractivity contribution is 7.89. The summed E-state index contributed by atoms with van der Waals surface area (Å²) in [5, 5.41) is 0. The van der Waals surface area contributed by atoms with Crippen molar-refractivity contribution in [2.24, 2.45) is 5.92 Å². The molecule has 2 N–H and O–H groups in total. The molecule has 2 aliphatic rings. The van der Waals surface area contributed by atoms with E-state index in [0.717, 1.165) is 18.4 Å². The fourth-order valence-corrected chi connectivity index (χ4v) is 5.93. The van der Waals surface area contributed by atoms with Gasteiger partial charge in [-0.25, -0.2) is 8.42 Å². The summed E-state index contributed by atoms with van der Waals surface area (Å²) < 4.78 is 27.8. The minimum absolute atomic E-state index is 0.203. The van der Waals surface area contributed by atoms with Gasteiger partial charge in [-0.15, -0.1) is 0 Å². The summed E-state index contributed by atoms with van der Waals surface area (Å²) in [6, 6.07) is 5.28. The topological polar surface area (TPSA) is 63.4 Å². The van der Waals surface area contributed by atoms with E-state index in [1.54, 1.807) is 22.5 Å². The highest BCUT2D eigenvalue weighted by atomic mass is 32.2. The molecule has 21 heavy (non-hydrogen) atoms. The van der Waals surface area contributed by atoms with Crippen LogP contribution in [0.25, 0.3) is 0 Å². The molecule has 0 bridgehead atoms. The maximum atomic E-state index is 13.0. The molecule has 3 rings (SSSR count). The first-order chi connectivity index (χ1) is 10.00. The summed E-state index contributed by atoms with van der Waals surface area (Å²) in [5.41, 5.74) is 7.10. The lowest BCUT2D eigenvalue weighted by atomic mass is 9.97. The summed E-state index contributed by atoms with van der Waals surface area (Å²) >= 11 is 0. The van der Waals surface area contributed by atoms with Gasteiger partial charge in [0, 0.05) is 18.3 Å². The van der Waals surface area contributed by atoms with Crippen LogP contribution in [0.15, 0.2) is 23.1 Å². The highest BCUT2D eigenvalue weighted by Crippen LogP contribution is 2.38. The second-order valence-electron chi connectivity index (χ2n) is 6.39. The van der Waals surface area contributed by atoms with Crippen LogP contribution in [-0.2, 0) is 10.0 Å². The molecule has 0 radical (unpaired) electrons. The molecule has 1 saturated heterocycles. The number of nitrogens with zero attached hydrogens (tertiary/aromatic N) is 1. The molecule has 2 fully saturated rings. The number of sulfonamides is 1. The summed E-state index contributed by atoms with van der Waals surface area (Å²) in [5.74, 6) is 0.552. The number of aryl methyl sites for hydroxylation is 1. The molecule has 1 aromatic carbocycles. The Morgan fingerprint density at radius 2 is 1.86 bits per heavy atom. The van der Waals surface area contributed by atoms with E-state index in [1.807, 2.05) is 6.92 Å². The molecule has 1 aromatic rings. The molecule has 0 amide bonds. The van der Waals surface area contributed by atoms with Gasteiger partial charge in [0.2, 0.25) is 10.0 Å². The van der Waals surface area contributed by atoms with Crippen LogP contribution in [0, 0.1) is 12.8 Å². The van der Waals surface area contributed by atoms with E-state index in [-0.39, 0.29) is 6.04 Å². The predicted octanol–water partition coefficient (Wildman–Crippen LogP) is 2.92. The first kappa shape index (κ1) is 14.9. The van der Waals surface area contributed by atoms with E-state index in [0.29, 0.717) is 23.0 Å². The molecule has 116 valence electrons. The Bertz CT molecular complexity index is 621. The minimum Gasteiger partial charge on any atom is -0.399 e. The normalized spacial score (nSPS) is 24.7. The lowest BCUT2D eigenvalue weighted by molar-refractivity contribution is 0.288. The molecular formula is C16H24N2O2S. The number of benzene rings is 1. The van der Waals surface area contributed by atoms with Crippen LogP contribution in [0.3, 0.4) is 0 Å². The van der Waals surface area contributed by atoms with Gasteiger partial charge in [-0.05, 0) is 62.3 Å². The van der Waals surface area contributed by atoms with Gasteiger partial charge in [-0.1, -0.05) is 12.8 Å². The smallest absolute Gasteiger partial charge is 0.243 e. The number of nitrogen functional groups attached to an aromatic ring is 1. The molecule has 1 unspecified atom stereocenters. The Kier molecular flexibility index (Phi) is 3.97. The summed E-state index contributed by atoms with van der Waals surface area (Å²) in [4.78, 5) is 0.418. The summed E-state index contributed by atoms with van der Waals surface area (Å²) in [7, 11) is -3.39. The van der Waals surface area contributed by atoms with Crippen LogP contribution in [0.1, 0.15) is 44.1 Å². The van der Waals surface area contributed by atoms with Gasteiger partial charge < -0.3 is 5.73 Å². The van der Waals surface area contributed by atoms with Gasteiger partial charge in [0.05, 0.1) is 4.90 Å². The standard InChI is InChI=1S/C16H24N2O2S/c1-12-11-14(17)8-9-16(12)21(19,20)18-10-4-7-15(18)13-5-2-3-6-13/h8-9,11,13,15H,2-7,10,17H2,1H3. The molecule has 5 heteroatoms. The van der Waals surface area contributed by atoms with Crippen molar-refractivity contribution in [1.29, 1.82) is 0 Å². The maximum absolute atomic E-state index is 13.0. The Morgan fingerprint density at radius 1 is 1.14 bits per heavy atom. The summed E-state index contributed by atoms with van der Waals surface area (Å²) in [6.07, 6.45) is 6.84.